The molecule has 0 bridgehead atoms. The predicted octanol–water partition coefficient (Wildman–Crippen LogP) is 4.03. The van der Waals surface area contributed by atoms with Gasteiger partial charge in [0.25, 0.3) is 5.91 Å². The van der Waals surface area contributed by atoms with Crippen molar-refractivity contribution in [2.75, 3.05) is 5.32 Å². The maximum atomic E-state index is 12.4. The largest absolute Gasteiger partial charge is 0.427 e. The number of carbonyl (C=O) groups excluding carboxylic acids is 3. The summed E-state index contributed by atoms with van der Waals surface area (Å²) < 4.78 is 5.01. The number of rotatable bonds is 7. The standard InChI is InChI=1S/C25H24N2O4/c1-17-6-8-19(9-7-17)14-24(29)26-16-20-10-12-22(13-11-20)27-25(30)21-4-3-5-23(15-21)31-18(2)28/h3-13,15H,14,16H2,1-2H3,(H,26,29)(H,27,30). The number of benzene rings is 3. The molecule has 0 spiro atoms. The zero-order valence-corrected chi connectivity index (χ0v) is 17.5. The third-order valence-corrected chi connectivity index (χ3v) is 4.54. The zero-order valence-electron chi connectivity index (χ0n) is 17.5. The topological polar surface area (TPSA) is 84.5 Å². The van der Waals surface area contributed by atoms with Gasteiger partial charge < -0.3 is 15.4 Å². The average Bonchev–Trinajstić information content (AvgIpc) is 2.74. The molecule has 0 saturated heterocycles. The highest BCUT2D eigenvalue weighted by molar-refractivity contribution is 6.04. The van der Waals surface area contributed by atoms with Crippen molar-refractivity contribution >= 4 is 23.5 Å². The summed E-state index contributed by atoms with van der Waals surface area (Å²) in [5.74, 6) is -0.488. The van der Waals surface area contributed by atoms with Crippen LogP contribution in [0.4, 0.5) is 5.69 Å². The van der Waals surface area contributed by atoms with Gasteiger partial charge >= 0.3 is 5.97 Å². The molecule has 6 nitrogen and oxygen atoms in total. The molecule has 0 aliphatic heterocycles. The van der Waals surface area contributed by atoms with E-state index in [-0.39, 0.29) is 11.8 Å². The average molecular weight is 416 g/mol. The Kier molecular flexibility index (Phi) is 7.17. The lowest BCUT2D eigenvalue weighted by atomic mass is 10.1. The Morgan fingerprint density at radius 3 is 2.23 bits per heavy atom. The van der Waals surface area contributed by atoms with E-state index in [1.54, 1.807) is 30.3 Å². The molecule has 158 valence electrons. The van der Waals surface area contributed by atoms with Crippen molar-refractivity contribution in [2.45, 2.75) is 26.8 Å². The van der Waals surface area contributed by atoms with E-state index in [0.29, 0.717) is 30.0 Å². The van der Waals surface area contributed by atoms with E-state index in [1.807, 2.05) is 43.3 Å². The van der Waals surface area contributed by atoms with Gasteiger partial charge in [-0.3, -0.25) is 14.4 Å². The van der Waals surface area contributed by atoms with Gasteiger partial charge in [0, 0.05) is 24.7 Å². The normalized spacial score (nSPS) is 10.3. The number of hydrogen-bond donors (Lipinski definition) is 2. The molecule has 3 rings (SSSR count). The molecule has 0 aliphatic carbocycles. The van der Waals surface area contributed by atoms with Crippen LogP contribution in [0.25, 0.3) is 0 Å². The third kappa shape index (κ3) is 6.82. The zero-order chi connectivity index (χ0) is 22.2. The molecule has 2 amide bonds. The highest BCUT2D eigenvalue weighted by Gasteiger charge is 2.09. The maximum Gasteiger partial charge on any atom is 0.308 e. The van der Waals surface area contributed by atoms with Gasteiger partial charge in [0.2, 0.25) is 5.91 Å². The number of hydrogen-bond acceptors (Lipinski definition) is 4. The summed E-state index contributed by atoms with van der Waals surface area (Å²) in [7, 11) is 0. The summed E-state index contributed by atoms with van der Waals surface area (Å²) in [6.45, 7) is 3.72. The Labute approximate surface area is 181 Å². The van der Waals surface area contributed by atoms with Crippen molar-refractivity contribution in [1.29, 1.82) is 0 Å². The van der Waals surface area contributed by atoms with Gasteiger partial charge in [0.05, 0.1) is 6.42 Å². The molecule has 31 heavy (non-hydrogen) atoms. The fourth-order valence-electron chi connectivity index (χ4n) is 2.93. The van der Waals surface area contributed by atoms with Crippen LogP contribution >= 0.6 is 0 Å². The van der Waals surface area contributed by atoms with Crippen LogP contribution in [0.3, 0.4) is 0 Å². The molecule has 2 N–H and O–H groups in total. The van der Waals surface area contributed by atoms with Crippen molar-refractivity contribution in [3.8, 4) is 5.75 Å². The Morgan fingerprint density at radius 1 is 0.871 bits per heavy atom. The first kappa shape index (κ1) is 21.8. The lowest BCUT2D eigenvalue weighted by Crippen LogP contribution is -2.24. The lowest BCUT2D eigenvalue weighted by molar-refractivity contribution is -0.131. The van der Waals surface area contributed by atoms with Gasteiger partial charge in [-0.1, -0.05) is 48.0 Å². The second kappa shape index (κ2) is 10.2. The molecule has 0 saturated carbocycles. The van der Waals surface area contributed by atoms with Crippen LogP contribution in [0.5, 0.6) is 5.75 Å². The number of amides is 2. The summed E-state index contributed by atoms with van der Waals surface area (Å²) in [5, 5.41) is 5.70. The highest BCUT2D eigenvalue weighted by atomic mass is 16.5. The second-order valence-electron chi connectivity index (χ2n) is 7.21. The van der Waals surface area contributed by atoms with Crippen LogP contribution in [0.15, 0.2) is 72.8 Å². The van der Waals surface area contributed by atoms with E-state index in [1.165, 1.54) is 13.0 Å². The summed E-state index contributed by atoms with van der Waals surface area (Å²) in [6, 6.07) is 21.5. The molecule has 0 aliphatic rings. The number of esters is 1. The quantitative estimate of drug-likeness (QED) is 0.450. The Morgan fingerprint density at radius 2 is 1.55 bits per heavy atom. The van der Waals surface area contributed by atoms with Gasteiger partial charge in [-0.05, 0) is 48.4 Å². The minimum absolute atomic E-state index is 0.0473. The Hall–Kier alpha value is -3.93. The van der Waals surface area contributed by atoms with Crippen molar-refractivity contribution < 1.29 is 19.1 Å². The molecule has 0 atom stereocenters. The maximum absolute atomic E-state index is 12.4. The summed E-state index contributed by atoms with van der Waals surface area (Å²) in [4.78, 5) is 35.6. The molecule has 3 aromatic carbocycles. The minimum atomic E-state index is -0.445. The van der Waals surface area contributed by atoms with Gasteiger partial charge in [-0.2, -0.15) is 0 Å². The predicted molar refractivity (Wildman–Crippen MR) is 119 cm³/mol. The summed E-state index contributed by atoms with van der Waals surface area (Å²) in [6.07, 6.45) is 0.334. The van der Waals surface area contributed by atoms with E-state index in [4.69, 9.17) is 4.74 Å². The SMILES string of the molecule is CC(=O)Oc1cccc(C(=O)Nc2ccc(CNC(=O)Cc3ccc(C)cc3)cc2)c1. The monoisotopic (exact) mass is 416 g/mol. The Balaban J connectivity index is 1.51. The molecular formula is C25H24N2O4. The second-order valence-corrected chi connectivity index (χ2v) is 7.21. The first-order valence-corrected chi connectivity index (χ1v) is 9.90. The lowest BCUT2D eigenvalue weighted by Gasteiger charge is -2.09. The van der Waals surface area contributed by atoms with E-state index in [9.17, 15) is 14.4 Å². The fourth-order valence-corrected chi connectivity index (χ4v) is 2.93. The van der Waals surface area contributed by atoms with E-state index >= 15 is 0 Å². The van der Waals surface area contributed by atoms with Crippen LogP contribution < -0.4 is 15.4 Å². The first-order valence-electron chi connectivity index (χ1n) is 9.90. The summed E-state index contributed by atoms with van der Waals surface area (Å²) >= 11 is 0. The molecule has 0 heterocycles. The summed E-state index contributed by atoms with van der Waals surface area (Å²) in [5.41, 5.74) is 4.06. The number of ether oxygens (including phenoxy) is 1. The third-order valence-electron chi connectivity index (χ3n) is 4.54. The van der Waals surface area contributed by atoms with Crippen LogP contribution in [-0.4, -0.2) is 17.8 Å². The fraction of sp³-hybridized carbons (Fsp3) is 0.160. The molecule has 0 unspecified atom stereocenters. The molecule has 0 fully saturated rings. The van der Waals surface area contributed by atoms with Crippen molar-refractivity contribution in [1.82, 2.24) is 5.32 Å². The van der Waals surface area contributed by atoms with E-state index < -0.39 is 5.97 Å². The molecule has 0 radical (unpaired) electrons. The highest BCUT2D eigenvalue weighted by Crippen LogP contribution is 2.16. The minimum Gasteiger partial charge on any atom is -0.427 e. The van der Waals surface area contributed by atoms with Crippen molar-refractivity contribution in [2.24, 2.45) is 0 Å². The first-order chi connectivity index (χ1) is 14.9. The Bertz CT molecular complexity index is 1070. The van der Waals surface area contributed by atoms with Gasteiger partial charge in [0.15, 0.2) is 0 Å². The van der Waals surface area contributed by atoms with Crippen molar-refractivity contribution in [3.05, 3.63) is 95.1 Å². The number of carbonyl (C=O) groups is 3. The van der Waals surface area contributed by atoms with E-state index in [0.717, 1.165) is 16.7 Å². The van der Waals surface area contributed by atoms with Crippen LogP contribution in [0.1, 0.15) is 34.0 Å². The van der Waals surface area contributed by atoms with Crippen molar-refractivity contribution in [3.63, 3.8) is 0 Å². The number of aryl methyl sites for hydroxylation is 1. The van der Waals surface area contributed by atoms with Gasteiger partial charge in [-0.15, -0.1) is 0 Å². The number of nitrogens with one attached hydrogen (secondary N) is 2. The van der Waals surface area contributed by atoms with E-state index in [2.05, 4.69) is 10.6 Å². The smallest absolute Gasteiger partial charge is 0.308 e. The van der Waals surface area contributed by atoms with Gasteiger partial charge in [-0.25, -0.2) is 0 Å². The van der Waals surface area contributed by atoms with Gasteiger partial charge in [0.1, 0.15) is 5.75 Å². The van der Waals surface area contributed by atoms with Crippen LogP contribution in [-0.2, 0) is 22.6 Å². The van der Waals surface area contributed by atoms with Crippen LogP contribution in [0, 0.1) is 6.92 Å². The van der Waals surface area contributed by atoms with Crippen LogP contribution in [0.2, 0.25) is 0 Å². The molecular weight excluding hydrogens is 392 g/mol. The molecule has 3 aromatic rings. The number of anilines is 1. The molecule has 0 aromatic heterocycles. The molecule has 6 heteroatoms.